The van der Waals surface area contributed by atoms with E-state index < -0.39 is 0 Å². The van der Waals surface area contributed by atoms with Gasteiger partial charge in [0.25, 0.3) is 11.8 Å². The molecule has 2 aromatic carbocycles. The van der Waals surface area contributed by atoms with Crippen molar-refractivity contribution >= 4 is 29.1 Å². The number of nitrogens with zero attached hydrogens (tertiary/aromatic N) is 2. The molecule has 0 unspecified atom stereocenters. The fourth-order valence-electron chi connectivity index (χ4n) is 4.18. The summed E-state index contributed by atoms with van der Waals surface area (Å²) in [6.45, 7) is 6.30. The highest BCUT2D eigenvalue weighted by atomic mass is 16.2. The van der Waals surface area contributed by atoms with E-state index in [9.17, 15) is 14.4 Å². The lowest BCUT2D eigenvalue weighted by atomic mass is 10.1. The largest absolute Gasteiger partial charge is 0.372 e. The van der Waals surface area contributed by atoms with E-state index in [1.807, 2.05) is 26.0 Å². The Labute approximate surface area is 176 Å². The van der Waals surface area contributed by atoms with Gasteiger partial charge in [-0.05, 0) is 69.0 Å². The Morgan fingerprint density at radius 1 is 0.967 bits per heavy atom. The Morgan fingerprint density at radius 2 is 1.70 bits per heavy atom. The molecular formula is C24H27N3O3. The zero-order chi connectivity index (χ0) is 21.3. The Morgan fingerprint density at radius 3 is 2.43 bits per heavy atom. The standard InChI is InChI=1S/C24H27N3O3/c1-16-7-9-19-20(14-16)24(30)27(23(19)29)13-5-6-22(28)25-21-10-8-18(15-17(21)2)26-11-3-4-12-26/h7-10,14-15H,3-6,11-13H2,1-2H3,(H,25,28). The summed E-state index contributed by atoms with van der Waals surface area (Å²) in [6.07, 6.45) is 3.13. The SMILES string of the molecule is Cc1ccc2c(c1)C(=O)N(CCCC(=O)Nc1ccc(N3CCCC3)cc1C)C2=O. The summed E-state index contributed by atoms with van der Waals surface area (Å²) in [5.74, 6) is -0.657. The number of amides is 3. The maximum atomic E-state index is 12.5. The highest BCUT2D eigenvalue weighted by Crippen LogP contribution is 2.26. The lowest BCUT2D eigenvalue weighted by Gasteiger charge is -2.19. The Balaban J connectivity index is 1.30. The van der Waals surface area contributed by atoms with Crippen molar-refractivity contribution in [2.24, 2.45) is 0 Å². The predicted octanol–water partition coefficient (Wildman–Crippen LogP) is 3.92. The van der Waals surface area contributed by atoms with Crippen molar-refractivity contribution in [3.8, 4) is 0 Å². The fourth-order valence-corrected chi connectivity index (χ4v) is 4.18. The van der Waals surface area contributed by atoms with Crippen LogP contribution in [0.15, 0.2) is 36.4 Å². The first-order chi connectivity index (χ1) is 14.4. The van der Waals surface area contributed by atoms with Crippen molar-refractivity contribution in [3.63, 3.8) is 0 Å². The molecule has 0 atom stereocenters. The molecule has 2 heterocycles. The number of anilines is 2. The number of aryl methyl sites for hydroxylation is 2. The second-order valence-corrected chi connectivity index (χ2v) is 8.16. The predicted molar refractivity (Wildman–Crippen MR) is 117 cm³/mol. The van der Waals surface area contributed by atoms with Crippen molar-refractivity contribution in [1.82, 2.24) is 4.90 Å². The van der Waals surface area contributed by atoms with Crippen molar-refractivity contribution in [2.45, 2.75) is 39.5 Å². The number of carbonyl (C=O) groups is 3. The molecule has 0 aliphatic carbocycles. The number of nitrogens with one attached hydrogen (secondary N) is 1. The average molecular weight is 405 g/mol. The minimum atomic E-state index is -0.274. The van der Waals surface area contributed by atoms with Gasteiger partial charge < -0.3 is 10.2 Å². The van der Waals surface area contributed by atoms with E-state index in [0.29, 0.717) is 17.5 Å². The van der Waals surface area contributed by atoms with Crippen molar-refractivity contribution < 1.29 is 14.4 Å². The van der Waals surface area contributed by atoms with Gasteiger partial charge in [-0.3, -0.25) is 19.3 Å². The summed E-state index contributed by atoms with van der Waals surface area (Å²) in [7, 11) is 0. The van der Waals surface area contributed by atoms with Crippen molar-refractivity contribution in [3.05, 3.63) is 58.7 Å². The van der Waals surface area contributed by atoms with Crippen molar-refractivity contribution in [1.29, 1.82) is 0 Å². The van der Waals surface area contributed by atoms with E-state index in [2.05, 4.69) is 22.3 Å². The summed E-state index contributed by atoms with van der Waals surface area (Å²) in [5.41, 5.74) is 4.88. The lowest BCUT2D eigenvalue weighted by molar-refractivity contribution is -0.116. The number of rotatable bonds is 6. The van der Waals surface area contributed by atoms with Crippen molar-refractivity contribution in [2.75, 3.05) is 29.9 Å². The maximum Gasteiger partial charge on any atom is 0.261 e. The van der Waals surface area contributed by atoms with E-state index in [-0.39, 0.29) is 30.7 Å². The number of benzene rings is 2. The minimum Gasteiger partial charge on any atom is -0.372 e. The summed E-state index contributed by atoms with van der Waals surface area (Å²) < 4.78 is 0. The zero-order valence-corrected chi connectivity index (χ0v) is 17.5. The smallest absolute Gasteiger partial charge is 0.261 e. The third kappa shape index (κ3) is 3.95. The molecule has 4 rings (SSSR count). The van der Waals surface area contributed by atoms with E-state index >= 15 is 0 Å². The van der Waals surface area contributed by atoms with Crippen LogP contribution in [0.4, 0.5) is 11.4 Å². The molecule has 6 nitrogen and oxygen atoms in total. The molecule has 0 aromatic heterocycles. The van der Waals surface area contributed by atoms with E-state index in [1.54, 1.807) is 12.1 Å². The molecule has 6 heteroatoms. The quantitative estimate of drug-likeness (QED) is 0.740. The van der Waals surface area contributed by atoms with Gasteiger partial charge in [-0.2, -0.15) is 0 Å². The molecule has 0 bridgehead atoms. The molecule has 2 aliphatic heterocycles. The van der Waals surface area contributed by atoms with Gasteiger partial charge >= 0.3 is 0 Å². The molecule has 30 heavy (non-hydrogen) atoms. The second-order valence-electron chi connectivity index (χ2n) is 8.16. The molecule has 0 radical (unpaired) electrons. The van der Waals surface area contributed by atoms with E-state index in [0.717, 1.165) is 29.9 Å². The van der Waals surface area contributed by atoms with Crippen LogP contribution in [0.5, 0.6) is 0 Å². The first-order valence-electron chi connectivity index (χ1n) is 10.6. The van der Waals surface area contributed by atoms with Crippen LogP contribution in [-0.2, 0) is 4.79 Å². The van der Waals surface area contributed by atoms with Gasteiger partial charge in [-0.1, -0.05) is 11.6 Å². The van der Waals surface area contributed by atoms with Gasteiger partial charge in [0.1, 0.15) is 0 Å². The third-order valence-electron chi connectivity index (χ3n) is 5.87. The second kappa shape index (κ2) is 8.30. The number of imide groups is 1. The molecule has 1 fully saturated rings. The highest BCUT2D eigenvalue weighted by Gasteiger charge is 2.34. The van der Waals surface area contributed by atoms with Crippen LogP contribution < -0.4 is 10.2 Å². The van der Waals surface area contributed by atoms with Gasteiger partial charge in [0, 0.05) is 37.4 Å². The fraction of sp³-hybridized carbons (Fsp3) is 0.375. The minimum absolute atomic E-state index is 0.112. The molecule has 1 N–H and O–H groups in total. The summed E-state index contributed by atoms with van der Waals surface area (Å²) in [6, 6.07) is 11.4. The topological polar surface area (TPSA) is 69.7 Å². The molecule has 2 aliphatic rings. The monoisotopic (exact) mass is 405 g/mol. The molecule has 0 spiro atoms. The van der Waals surface area contributed by atoms with Gasteiger partial charge in [0.2, 0.25) is 5.91 Å². The van der Waals surface area contributed by atoms with Gasteiger partial charge in [-0.25, -0.2) is 0 Å². The van der Waals surface area contributed by atoms with Gasteiger partial charge in [-0.15, -0.1) is 0 Å². The first kappa shape index (κ1) is 20.1. The van der Waals surface area contributed by atoms with Crippen LogP contribution in [0, 0.1) is 13.8 Å². The Hall–Kier alpha value is -3.15. The van der Waals surface area contributed by atoms with Crippen LogP contribution in [0.1, 0.15) is 57.5 Å². The average Bonchev–Trinajstić information content (AvgIpc) is 3.33. The molecule has 0 saturated carbocycles. The van der Waals surface area contributed by atoms with Crippen LogP contribution in [0.3, 0.4) is 0 Å². The third-order valence-corrected chi connectivity index (χ3v) is 5.87. The number of hydrogen-bond donors (Lipinski definition) is 1. The van der Waals surface area contributed by atoms with Crippen LogP contribution >= 0.6 is 0 Å². The highest BCUT2D eigenvalue weighted by molar-refractivity contribution is 6.21. The Kier molecular flexibility index (Phi) is 5.57. The maximum absolute atomic E-state index is 12.5. The number of carbonyl (C=O) groups excluding carboxylic acids is 3. The van der Waals surface area contributed by atoms with Crippen LogP contribution in [0.25, 0.3) is 0 Å². The Bertz CT molecular complexity index is 1010. The normalized spacial score (nSPS) is 15.7. The van der Waals surface area contributed by atoms with Crippen LogP contribution in [0.2, 0.25) is 0 Å². The first-order valence-corrected chi connectivity index (χ1v) is 10.6. The molecule has 1 saturated heterocycles. The number of fused-ring (bicyclic) bond motifs is 1. The van der Waals surface area contributed by atoms with E-state index in [4.69, 9.17) is 0 Å². The van der Waals surface area contributed by atoms with Gasteiger partial charge in [0.05, 0.1) is 11.1 Å². The number of hydrogen-bond acceptors (Lipinski definition) is 4. The molecular weight excluding hydrogens is 378 g/mol. The molecule has 2 aromatic rings. The molecule has 156 valence electrons. The summed E-state index contributed by atoms with van der Waals surface area (Å²) in [4.78, 5) is 41.0. The zero-order valence-electron chi connectivity index (χ0n) is 17.5. The summed E-state index contributed by atoms with van der Waals surface area (Å²) in [5, 5.41) is 2.95. The summed E-state index contributed by atoms with van der Waals surface area (Å²) >= 11 is 0. The lowest BCUT2D eigenvalue weighted by Crippen LogP contribution is -2.31. The van der Waals surface area contributed by atoms with Gasteiger partial charge in [0.15, 0.2) is 0 Å². The molecule has 3 amide bonds. The van der Waals surface area contributed by atoms with E-state index in [1.165, 1.54) is 23.4 Å². The van der Waals surface area contributed by atoms with Crippen LogP contribution in [-0.4, -0.2) is 42.3 Å².